The van der Waals surface area contributed by atoms with Crippen LogP contribution in [0.2, 0.25) is 0 Å². The number of amides is 2. The zero-order chi connectivity index (χ0) is 18.4. The molecule has 0 spiro atoms. The van der Waals surface area contributed by atoms with E-state index in [1.165, 1.54) is 31.2 Å². The zero-order valence-electron chi connectivity index (χ0n) is 13.5. The molecule has 0 saturated carbocycles. The predicted octanol–water partition coefficient (Wildman–Crippen LogP) is 3.21. The van der Waals surface area contributed by atoms with Gasteiger partial charge in [-0.2, -0.15) is 0 Å². The molecule has 132 valence electrons. The first-order valence-electron chi connectivity index (χ1n) is 7.42. The average Bonchev–Trinajstić information content (AvgIpc) is 2.55. The molecule has 0 aromatic heterocycles. The first-order valence-corrected chi connectivity index (χ1v) is 9.86. The summed E-state index contributed by atoms with van der Waals surface area (Å²) in [6.07, 6.45) is -0.147. The smallest absolute Gasteiger partial charge is 0.225 e. The Labute approximate surface area is 154 Å². The van der Waals surface area contributed by atoms with Crippen molar-refractivity contribution in [2.75, 3.05) is 16.4 Å². The molecule has 0 aliphatic rings. The van der Waals surface area contributed by atoms with E-state index in [1.54, 1.807) is 24.3 Å². The maximum absolute atomic E-state index is 12.3. The molecule has 0 saturated heterocycles. The minimum Gasteiger partial charge on any atom is -0.326 e. The minimum atomic E-state index is -3.58. The maximum Gasteiger partial charge on any atom is 0.225 e. The van der Waals surface area contributed by atoms with Crippen LogP contribution in [0.5, 0.6) is 0 Å². The van der Waals surface area contributed by atoms with Gasteiger partial charge in [0.1, 0.15) is 0 Å². The van der Waals surface area contributed by atoms with Gasteiger partial charge >= 0.3 is 0 Å². The summed E-state index contributed by atoms with van der Waals surface area (Å²) in [5, 5.41) is 5.22. The molecule has 0 unspecified atom stereocenters. The lowest BCUT2D eigenvalue weighted by Gasteiger charge is -2.08. The number of rotatable bonds is 6. The molecule has 0 heterocycles. The van der Waals surface area contributed by atoms with Crippen LogP contribution in [0.15, 0.2) is 57.9 Å². The lowest BCUT2D eigenvalue weighted by molar-refractivity contribution is -0.116. The largest absolute Gasteiger partial charge is 0.326 e. The summed E-state index contributed by atoms with van der Waals surface area (Å²) >= 11 is 3.30. The number of benzene rings is 2. The number of hydrogen-bond acceptors (Lipinski definition) is 4. The van der Waals surface area contributed by atoms with Gasteiger partial charge in [0.2, 0.25) is 11.8 Å². The number of halogens is 1. The summed E-state index contributed by atoms with van der Waals surface area (Å²) in [6, 6.07) is 12.8. The maximum atomic E-state index is 12.3. The molecule has 0 aliphatic carbocycles. The quantitative estimate of drug-likeness (QED) is 0.744. The van der Waals surface area contributed by atoms with Gasteiger partial charge in [-0.15, -0.1) is 0 Å². The van der Waals surface area contributed by atoms with Crippen LogP contribution in [0.3, 0.4) is 0 Å². The van der Waals surface area contributed by atoms with E-state index in [0.717, 1.165) is 4.47 Å². The Bertz CT molecular complexity index is 863. The van der Waals surface area contributed by atoms with Gasteiger partial charge in [0.25, 0.3) is 0 Å². The lowest BCUT2D eigenvalue weighted by Crippen LogP contribution is -2.17. The Kier molecular flexibility index (Phi) is 6.33. The molecule has 2 N–H and O–H groups in total. The number of nitrogens with one attached hydrogen (secondary N) is 2. The van der Waals surface area contributed by atoms with E-state index in [-0.39, 0.29) is 28.9 Å². The van der Waals surface area contributed by atoms with E-state index < -0.39 is 9.84 Å². The Morgan fingerprint density at radius 3 is 2.00 bits per heavy atom. The molecule has 0 aliphatic heterocycles. The van der Waals surface area contributed by atoms with Crippen LogP contribution >= 0.6 is 15.9 Å². The van der Waals surface area contributed by atoms with Crippen molar-refractivity contribution in [2.45, 2.75) is 18.2 Å². The Balaban J connectivity index is 1.95. The van der Waals surface area contributed by atoms with Gasteiger partial charge in [-0.05, 0) is 48.5 Å². The number of anilines is 2. The standard InChI is InChI=1S/C17H17BrN2O4S/c1-12(21)19-14-6-8-16(9-7-14)25(23,24)11-10-17(22)20-15-4-2-13(18)3-5-15/h2-9H,10-11H2,1H3,(H,19,21)(H,20,22). The summed E-state index contributed by atoms with van der Waals surface area (Å²) in [4.78, 5) is 23.0. The van der Waals surface area contributed by atoms with Crippen molar-refractivity contribution in [1.29, 1.82) is 0 Å². The van der Waals surface area contributed by atoms with Gasteiger partial charge < -0.3 is 10.6 Å². The highest BCUT2D eigenvalue weighted by Crippen LogP contribution is 2.17. The molecule has 25 heavy (non-hydrogen) atoms. The van der Waals surface area contributed by atoms with Crippen molar-refractivity contribution in [3.8, 4) is 0 Å². The number of carbonyl (C=O) groups excluding carboxylic acids is 2. The normalized spacial score (nSPS) is 11.0. The molecular weight excluding hydrogens is 408 g/mol. The zero-order valence-corrected chi connectivity index (χ0v) is 15.9. The van der Waals surface area contributed by atoms with Crippen LogP contribution in [-0.4, -0.2) is 26.0 Å². The highest BCUT2D eigenvalue weighted by Gasteiger charge is 2.16. The van der Waals surface area contributed by atoms with Crippen molar-refractivity contribution in [3.63, 3.8) is 0 Å². The summed E-state index contributed by atoms with van der Waals surface area (Å²) in [6.45, 7) is 1.37. The molecule has 2 aromatic rings. The molecule has 0 bridgehead atoms. The molecule has 0 fully saturated rings. The van der Waals surface area contributed by atoms with Gasteiger partial charge in [-0.1, -0.05) is 15.9 Å². The van der Waals surface area contributed by atoms with E-state index in [1.807, 2.05) is 0 Å². The van der Waals surface area contributed by atoms with Crippen molar-refractivity contribution >= 4 is 49.0 Å². The molecule has 0 atom stereocenters. The second-order valence-corrected chi connectivity index (χ2v) is 8.35. The molecular formula is C17H17BrN2O4S. The third-order valence-corrected chi connectivity index (χ3v) is 5.52. The molecule has 8 heteroatoms. The van der Waals surface area contributed by atoms with E-state index >= 15 is 0 Å². The highest BCUT2D eigenvalue weighted by molar-refractivity contribution is 9.10. The van der Waals surface area contributed by atoms with E-state index in [4.69, 9.17) is 0 Å². The van der Waals surface area contributed by atoms with Crippen LogP contribution in [-0.2, 0) is 19.4 Å². The second kappa shape index (κ2) is 8.26. The average molecular weight is 425 g/mol. The Morgan fingerprint density at radius 2 is 1.44 bits per heavy atom. The number of sulfone groups is 1. The Hall–Kier alpha value is -2.19. The van der Waals surface area contributed by atoms with Crippen LogP contribution < -0.4 is 10.6 Å². The summed E-state index contributed by atoms with van der Waals surface area (Å²) in [5.74, 6) is -0.907. The fourth-order valence-corrected chi connectivity index (χ4v) is 3.56. The van der Waals surface area contributed by atoms with Crippen LogP contribution in [0.25, 0.3) is 0 Å². The second-order valence-electron chi connectivity index (χ2n) is 5.33. The van der Waals surface area contributed by atoms with Crippen molar-refractivity contribution in [1.82, 2.24) is 0 Å². The molecule has 6 nitrogen and oxygen atoms in total. The summed E-state index contributed by atoms with van der Waals surface area (Å²) < 4.78 is 25.5. The fraction of sp³-hybridized carbons (Fsp3) is 0.176. The first-order chi connectivity index (χ1) is 11.8. The number of carbonyl (C=O) groups is 2. The van der Waals surface area contributed by atoms with Gasteiger partial charge in [0, 0.05) is 29.2 Å². The SMILES string of the molecule is CC(=O)Nc1ccc(S(=O)(=O)CCC(=O)Nc2ccc(Br)cc2)cc1. The van der Waals surface area contributed by atoms with Crippen molar-refractivity contribution in [3.05, 3.63) is 53.0 Å². The molecule has 2 aromatic carbocycles. The van der Waals surface area contributed by atoms with Crippen LogP contribution in [0, 0.1) is 0 Å². The van der Waals surface area contributed by atoms with Crippen molar-refractivity contribution < 1.29 is 18.0 Å². The van der Waals surface area contributed by atoms with Gasteiger partial charge in [-0.25, -0.2) is 8.42 Å². The van der Waals surface area contributed by atoms with Gasteiger partial charge in [0.15, 0.2) is 9.84 Å². The van der Waals surface area contributed by atoms with Crippen LogP contribution in [0.4, 0.5) is 11.4 Å². The molecule has 2 rings (SSSR count). The monoisotopic (exact) mass is 424 g/mol. The first kappa shape index (κ1) is 19.1. The van der Waals surface area contributed by atoms with Crippen molar-refractivity contribution in [2.24, 2.45) is 0 Å². The van der Waals surface area contributed by atoms with E-state index in [9.17, 15) is 18.0 Å². The topological polar surface area (TPSA) is 92.3 Å². The predicted molar refractivity (Wildman–Crippen MR) is 100 cm³/mol. The fourth-order valence-electron chi connectivity index (χ4n) is 2.05. The minimum absolute atomic E-state index is 0.109. The summed E-state index contributed by atoms with van der Waals surface area (Å²) in [5.41, 5.74) is 1.12. The van der Waals surface area contributed by atoms with Gasteiger partial charge in [-0.3, -0.25) is 9.59 Å². The molecule has 0 radical (unpaired) electrons. The number of hydrogen-bond donors (Lipinski definition) is 2. The third kappa shape index (κ3) is 5.99. The van der Waals surface area contributed by atoms with Gasteiger partial charge in [0.05, 0.1) is 10.6 Å². The third-order valence-electron chi connectivity index (χ3n) is 3.26. The lowest BCUT2D eigenvalue weighted by atomic mass is 10.3. The van der Waals surface area contributed by atoms with E-state index in [2.05, 4.69) is 26.6 Å². The van der Waals surface area contributed by atoms with Crippen LogP contribution in [0.1, 0.15) is 13.3 Å². The Morgan fingerprint density at radius 1 is 0.920 bits per heavy atom. The highest BCUT2D eigenvalue weighted by atomic mass is 79.9. The summed E-state index contributed by atoms with van der Waals surface area (Å²) in [7, 11) is -3.58. The molecule has 2 amide bonds. The van der Waals surface area contributed by atoms with E-state index in [0.29, 0.717) is 11.4 Å².